The molecule has 0 atom stereocenters. The molecule has 0 aliphatic heterocycles. The van der Waals surface area contributed by atoms with E-state index in [1.165, 1.54) is 12.1 Å². The van der Waals surface area contributed by atoms with Crippen LogP contribution in [0.1, 0.15) is 11.1 Å². The van der Waals surface area contributed by atoms with Gasteiger partial charge in [0.2, 0.25) is 0 Å². The monoisotopic (exact) mass is 295 g/mol. The van der Waals surface area contributed by atoms with Crippen molar-refractivity contribution in [3.8, 4) is 11.5 Å². The Kier molecular flexibility index (Phi) is 4.82. The first-order valence-corrected chi connectivity index (χ1v) is 6.46. The van der Waals surface area contributed by atoms with Crippen molar-refractivity contribution >= 4 is 11.6 Å². The highest BCUT2D eigenvalue weighted by Gasteiger charge is 2.10. The number of methoxy groups -OCH3 is 1. The third kappa shape index (κ3) is 3.21. The minimum absolute atomic E-state index is 0.0365. The quantitative estimate of drug-likeness (QED) is 0.918. The van der Waals surface area contributed by atoms with Gasteiger partial charge >= 0.3 is 0 Å². The Bertz CT molecular complexity index is 584. The van der Waals surface area contributed by atoms with Gasteiger partial charge in [-0.1, -0.05) is 23.7 Å². The molecule has 2 N–H and O–H groups in total. The summed E-state index contributed by atoms with van der Waals surface area (Å²) >= 11 is 5.91. The fourth-order valence-corrected chi connectivity index (χ4v) is 2.06. The molecule has 0 aromatic heterocycles. The second-order valence-electron chi connectivity index (χ2n) is 4.19. The third-order valence-corrected chi connectivity index (χ3v) is 3.17. The number of rotatable bonds is 5. The molecule has 0 radical (unpaired) electrons. The average Bonchev–Trinajstić information content (AvgIpc) is 2.46. The Morgan fingerprint density at radius 3 is 2.70 bits per heavy atom. The minimum Gasteiger partial charge on any atom is -0.496 e. The molecule has 5 heteroatoms. The number of ether oxygens (including phenoxy) is 2. The van der Waals surface area contributed by atoms with Crippen LogP contribution in [-0.4, -0.2) is 7.11 Å². The summed E-state index contributed by atoms with van der Waals surface area (Å²) in [6, 6.07) is 9.96. The van der Waals surface area contributed by atoms with E-state index in [0.717, 1.165) is 11.1 Å². The first kappa shape index (κ1) is 14.6. The van der Waals surface area contributed by atoms with Crippen LogP contribution in [0.5, 0.6) is 11.5 Å². The van der Waals surface area contributed by atoms with Crippen LogP contribution in [-0.2, 0) is 13.2 Å². The molecule has 0 fully saturated rings. The Labute approximate surface area is 122 Å². The van der Waals surface area contributed by atoms with Gasteiger partial charge in [-0.15, -0.1) is 0 Å². The summed E-state index contributed by atoms with van der Waals surface area (Å²) in [5.41, 5.74) is 7.34. The van der Waals surface area contributed by atoms with Crippen molar-refractivity contribution in [2.45, 2.75) is 13.2 Å². The van der Waals surface area contributed by atoms with Crippen molar-refractivity contribution in [3.05, 3.63) is 58.4 Å². The van der Waals surface area contributed by atoms with Crippen LogP contribution >= 0.6 is 11.6 Å². The Morgan fingerprint density at radius 1 is 1.25 bits per heavy atom. The molecule has 0 saturated heterocycles. The maximum absolute atomic E-state index is 13.6. The van der Waals surface area contributed by atoms with Gasteiger partial charge in [0.1, 0.15) is 12.4 Å². The minimum atomic E-state index is -0.494. The highest BCUT2D eigenvalue weighted by molar-refractivity contribution is 6.32. The van der Waals surface area contributed by atoms with Gasteiger partial charge in [-0.25, -0.2) is 4.39 Å². The third-order valence-electron chi connectivity index (χ3n) is 2.87. The predicted molar refractivity (Wildman–Crippen MR) is 76.6 cm³/mol. The number of hydrogen-bond donors (Lipinski definition) is 1. The molecule has 0 spiro atoms. The van der Waals surface area contributed by atoms with E-state index < -0.39 is 5.82 Å². The number of nitrogens with two attached hydrogens (primary N) is 1. The Hall–Kier alpha value is -1.78. The second kappa shape index (κ2) is 6.59. The molecule has 20 heavy (non-hydrogen) atoms. The second-order valence-corrected chi connectivity index (χ2v) is 4.60. The number of benzene rings is 2. The van der Waals surface area contributed by atoms with Crippen molar-refractivity contribution in [2.24, 2.45) is 5.73 Å². The molecular weight excluding hydrogens is 281 g/mol. The van der Waals surface area contributed by atoms with E-state index in [-0.39, 0.29) is 17.4 Å². The van der Waals surface area contributed by atoms with Crippen molar-refractivity contribution in [1.82, 2.24) is 0 Å². The molecule has 106 valence electrons. The molecule has 3 nitrogen and oxygen atoms in total. The number of halogens is 2. The van der Waals surface area contributed by atoms with E-state index >= 15 is 0 Å². The topological polar surface area (TPSA) is 44.5 Å². The van der Waals surface area contributed by atoms with Crippen molar-refractivity contribution < 1.29 is 13.9 Å². The van der Waals surface area contributed by atoms with E-state index in [0.29, 0.717) is 12.3 Å². The summed E-state index contributed by atoms with van der Waals surface area (Å²) < 4.78 is 24.3. The van der Waals surface area contributed by atoms with Crippen LogP contribution < -0.4 is 15.2 Å². The zero-order valence-corrected chi connectivity index (χ0v) is 11.8. The molecular formula is C15H15ClFNO2. The van der Waals surface area contributed by atoms with Gasteiger partial charge in [-0.2, -0.15) is 0 Å². The van der Waals surface area contributed by atoms with E-state index in [2.05, 4.69) is 0 Å². The predicted octanol–water partition coefficient (Wildman–Crippen LogP) is 3.53. The average molecular weight is 296 g/mol. The first-order chi connectivity index (χ1) is 9.65. The summed E-state index contributed by atoms with van der Waals surface area (Å²) in [5.74, 6) is 0.204. The molecule has 2 aromatic rings. The molecule has 0 bridgehead atoms. The molecule has 0 amide bonds. The number of para-hydroxylation sites is 1. The highest BCUT2D eigenvalue weighted by Crippen LogP contribution is 2.29. The van der Waals surface area contributed by atoms with Gasteiger partial charge in [0.05, 0.1) is 12.1 Å². The maximum atomic E-state index is 13.6. The highest BCUT2D eigenvalue weighted by atomic mass is 35.5. The lowest BCUT2D eigenvalue weighted by Gasteiger charge is -2.13. The van der Waals surface area contributed by atoms with Gasteiger partial charge in [-0.3, -0.25) is 0 Å². The van der Waals surface area contributed by atoms with E-state index in [1.54, 1.807) is 13.2 Å². The lowest BCUT2D eigenvalue weighted by molar-refractivity contribution is 0.282. The Morgan fingerprint density at radius 2 is 2.05 bits per heavy atom. The molecule has 0 heterocycles. The molecule has 0 unspecified atom stereocenters. The summed E-state index contributed by atoms with van der Waals surface area (Å²) in [5, 5.41) is 0.235. The van der Waals surface area contributed by atoms with Gasteiger partial charge < -0.3 is 15.2 Å². The van der Waals surface area contributed by atoms with Crippen LogP contribution in [0.2, 0.25) is 5.02 Å². The molecule has 0 aliphatic rings. The van der Waals surface area contributed by atoms with Crippen molar-refractivity contribution in [2.75, 3.05) is 7.11 Å². The first-order valence-electron chi connectivity index (χ1n) is 6.08. The summed E-state index contributed by atoms with van der Waals surface area (Å²) in [4.78, 5) is 0. The standard InChI is InChI=1S/C15H15ClFNO2/c1-19-14-6-5-10(8-18)7-11(14)9-20-15-12(16)3-2-4-13(15)17/h2-7H,8-9,18H2,1H3. The number of hydrogen-bond acceptors (Lipinski definition) is 3. The van der Waals surface area contributed by atoms with Gasteiger partial charge in [0.15, 0.2) is 11.6 Å². The molecule has 2 rings (SSSR count). The SMILES string of the molecule is COc1ccc(CN)cc1COc1c(F)cccc1Cl. The van der Waals surface area contributed by atoms with E-state index in [9.17, 15) is 4.39 Å². The summed E-state index contributed by atoms with van der Waals surface area (Å²) in [7, 11) is 1.57. The van der Waals surface area contributed by atoms with Gasteiger partial charge in [-0.05, 0) is 29.8 Å². The summed E-state index contributed by atoms with van der Waals surface area (Å²) in [6.45, 7) is 0.565. The molecule has 0 saturated carbocycles. The summed E-state index contributed by atoms with van der Waals surface area (Å²) in [6.07, 6.45) is 0. The van der Waals surface area contributed by atoms with Crippen molar-refractivity contribution in [3.63, 3.8) is 0 Å². The lowest BCUT2D eigenvalue weighted by Crippen LogP contribution is -2.03. The lowest BCUT2D eigenvalue weighted by atomic mass is 10.1. The fourth-order valence-electron chi connectivity index (χ4n) is 1.84. The maximum Gasteiger partial charge on any atom is 0.174 e. The molecule has 2 aromatic carbocycles. The van der Waals surface area contributed by atoms with Gasteiger partial charge in [0, 0.05) is 12.1 Å². The van der Waals surface area contributed by atoms with Gasteiger partial charge in [0.25, 0.3) is 0 Å². The largest absolute Gasteiger partial charge is 0.496 e. The van der Waals surface area contributed by atoms with Crippen LogP contribution in [0, 0.1) is 5.82 Å². The normalized spacial score (nSPS) is 10.4. The Balaban J connectivity index is 2.22. The van der Waals surface area contributed by atoms with Crippen LogP contribution in [0.3, 0.4) is 0 Å². The van der Waals surface area contributed by atoms with Crippen LogP contribution in [0.25, 0.3) is 0 Å². The van der Waals surface area contributed by atoms with Crippen LogP contribution in [0.15, 0.2) is 36.4 Å². The van der Waals surface area contributed by atoms with Crippen LogP contribution in [0.4, 0.5) is 4.39 Å². The molecule has 0 aliphatic carbocycles. The smallest absolute Gasteiger partial charge is 0.174 e. The zero-order valence-electron chi connectivity index (χ0n) is 11.0. The fraction of sp³-hybridized carbons (Fsp3) is 0.200. The van der Waals surface area contributed by atoms with Crippen molar-refractivity contribution in [1.29, 1.82) is 0 Å². The zero-order chi connectivity index (χ0) is 14.5. The van der Waals surface area contributed by atoms with E-state index in [4.69, 9.17) is 26.8 Å². The van der Waals surface area contributed by atoms with E-state index in [1.807, 2.05) is 18.2 Å².